The number of Topliss-reactive ketones (excluding diaryl/α,β-unsaturated/α-hetero) is 1. The van der Waals surface area contributed by atoms with Gasteiger partial charge < -0.3 is 0 Å². The molecule has 0 spiro atoms. The zero-order valence-corrected chi connectivity index (χ0v) is 10.0. The Kier molecular flexibility index (Phi) is 4.10. The molecule has 0 radical (unpaired) electrons. The average Bonchev–Trinajstić information content (AvgIpc) is 2.20. The van der Waals surface area contributed by atoms with E-state index in [0.29, 0.717) is 5.02 Å². The van der Waals surface area contributed by atoms with E-state index in [-0.39, 0.29) is 11.7 Å². The summed E-state index contributed by atoms with van der Waals surface area (Å²) < 4.78 is 0. The van der Waals surface area contributed by atoms with Crippen molar-refractivity contribution in [2.75, 3.05) is 0 Å². The summed E-state index contributed by atoms with van der Waals surface area (Å²) in [7, 11) is 0. The summed E-state index contributed by atoms with van der Waals surface area (Å²) >= 11 is 5.77. The van der Waals surface area contributed by atoms with Gasteiger partial charge in [-0.05, 0) is 36.3 Å². The molecule has 0 fully saturated rings. The van der Waals surface area contributed by atoms with Crippen molar-refractivity contribution in [3.8, 4) is 0 Å². The second kappa shape index (κ2) is 5.13. The van der Waals surface area contributed by atoms with Crippen LogP contribution in [0.4, 0.5) is 0 Å². The van der Waals surface area contributed by atoms with Crippen LogP contribution in [0, 0.1) is 5.92 Å². The number of ketones is 1. The molecule has 1 aromatic rings. The molecule has 15 heavy (non-hydrogen) atoms. The summed E-state index contributed by atoms with van der Waals surface area (Å²) in [6, 6.07) is 7.44. The minimum atomic E-state index is 0.0496. The van der Waals surface area contributed by atoms with Crippen LogP contribution in [0.3, 0.4) is 0 Å². The number of allylic oxidation sites excluding steroid dienone is 1. The molecular formula is C13H15ClO. The molecule has 0 bridgehead atoms. The van der Waals surface area contributed by atoms with Gasteiger partial charge in [0.15, 0.2) is 5.78 Å². The average molecular weight is 223 g/mol. The van der Waals surface area contributed by atoms with E-state index >= 15 is 0 Å². The van der Waals surface area contributed by atoms with Crippen molar-refractivity contribution in [2.24, 2.45) is 5.92 Å². The number of rotatable bonds is 3. The van der Waals surface area contributed by atoms with Crippen molar-refractivity contribution in [3.63, 3.8) is 0 Å². The van der Waals surface area contributed by atoms with E-state index in [1.165, 1.54) is 0 Å². The highest BCUT2D eigenvalue weighted by Crippen LogP contribution is 2.14. The Morgan fingerprint density at radius 1 is 1.27 bits per heavy atom. The summed E-state index contributed by atoms with van der Waals surface area (Å²) in [6.07, 6.45) is 1.89. The number of hydrogen-bond acceptors (Lipinski definition) is 1. The maximum Gasteiger partial charge on any atom is 0.161 e. The van der Waals surface area contributed by atoms with E-state index in [4.69, 9.17) is 11.6 Å². The lowest BCUT2D eigenvalue weighted by molar-refractivity contribution is -0.118. The van der Waals surface area contributed by atoms with E-state index in [9.17, 15) is 4.79 Å². The summed E-state index contributed by atoms with van der Waals surface area (Å²) in [5.74, 6) is 0.235. The van der Waals surface area contributed by atoms with Crippen molar-refractivity contribution >= 4 is 23.5 Å². The van der Waals surface area contributed by atoms with Crippen molar-refractivity contribution < 1.29 is 4.79 Å². The quantitative estimate of drug-likeness (QED) is 0.708. The Hall–Kier alpha value is -1.08. The second-order valence-electron chi connectivity index (χ2n) is 3.90. The molecule has 0 N–H and O–H groups in total. The first kappa shape index (κ1) is 12.0. The van der Waals surface area contributed by atoms with Crippen LogP contribution in [0.2, 0.25) is 5.02 Å². The number of hydrogen-bond donors (Lipinski definition) is 0. The third kappa shape index (κ3) is 3.52. The van der Waals surface area contributed by atoms with E-state index < -0.39 is 0 Å². The predicted octanol–water partition coefficient (Wildman–Crippen LogP) is 3.97. The van der Waals surface area contributed by atoms with Crippen LogP contribution in [0.15, 0.2) is 29.8 Å². The van der Waals surface area contributed by atoms with Gasteiger partial charge in [0.25, 0.3) is 0 Å². The largest absolute Gasteiger partial charge is 0.294 e. The Morgan fingerprint density at radius 2 is 1.80 bits per heavy atom. The van der Waals surface area contributed by atoms with E-state index in [1.807, 2.05) is 51.1 Å². The fourth-order valence-corrected chi connectivity index (χ4v) is 1.46. The van der Waals surface area contributed by atoms with Crippen molar-refractivity contribution in [1.29, 1.82) is 0 Å². The molecule has 0 heterocycles. The molecule has 0 unspecified atom stereocenters. The van der Waals surface area contributed by atoms with Crippen LogP contribution >= 0.6 is 11.6 Å². The number of halogens is 1. The van der Waals surface area contributed by atoms with Crippen molar-refractivity contribution in [3.05, 3.63) is 40.4 Å². The van der Waals surface area contributed by atoms with Gasteiger partial charge in [-0.25, -0.2) is 0 Å². The maximum atomic E-state index is 11.6. The Labute approximate surface area is 95.8 Å². The second-order valence-corrected chi connectivity index (χ2v) is 4.33. The van der Waals surface area contributed by atoms with E-state index in [2.05, 4.69) is 0 Å². The summed E-state index contributed by atoms with van der Waals surface area (Å²) in [4.78, 5) is 11.6. The monoisotopic (exact) mass is 222 g/mol. The van der Waals surface area contributed by atoms with E-state index in [1.54, 1.807) is 0 Å². The molecule has 80 valence electrons. The van der Waals surface area contributed by atoms with Gasteiger partial charge in [0, 0.05) is 10.9 Å². The minimum Gasteiger partial charge on any atom is -0.294 e. The third-order valence-corrected chi connectivity index (χ3v) is 2.42. The van der Waals surface area contributed by atoms with Crippen molar-refractivity contribution in [1.82, 2.24) is 0 Å². The molecule has 0 saturated carbocycles. The fraction of sp³-hybridized carbons (Fsp3) is 0.308. The highest BCUT2D eigenvalue weighted by atomic mass is 35.5. The summed E-state index contributed by atoms with van der Waals surface area (Å²) in [5, 5.41) is 0.708. The molecule has 1 rings (SSSR count). The molecule has 0 aliphatic rings. The van der Waals surface area contributed by atoms with Crippen LogP contribution < -0.4 is 0 Å². The zero-order chi connectivity index (χ0) is 11.4. The first-order valence-electron chi connectivity index (χ1n) is 4.99. The van der Waals surface area contributed by atoms with Gasteiger partial charge in [-0.3, -0.25) is 4.79 Å². The predicted molar refractivity (Wildman–Crippen MR) is 64.9 cm³/mol. The fourth-order valence-electron chi connectivity index (χ4n) is 1.34. The van der Waals surface area contributed by atoms with Gasteiger partial charge >= 0.3 is 0 Å². The Morgan fingerprint density at radius 3 is 2.27 bits per heavy atom. The minimum absolute atomic E-state index is 0.0496. The molecule has 1 aromatic carbocycles. The summed E-state index contributed by atoms with van der Waals surface area (Å²) in [6.45, 7) is 5.65. The van der Waals surface area contributed by atoms with Crippen LogP contribution in [0.25, 0.3) is 6.08 Å². The smallest absolute Gasteiger partial charge is 0.161 e. The molecule has 0 amide bonds. The van der Waals surface area contributed by atoms with Crippen LogP contribution in [0.1, 0.15) is 26.3 Å². The highest BCUT2D eigenvalue weighted by Gasteiger charge is 2.08. The lowest BCUT2D eigenvalue weighted by Crippen LogP contribution is -2.07. The molecule has 1 nitrogen and oxygen atoms in total. The molecule has 2 heteroatoms. The third-order valence-electron chi connectivity index (χ3n) is 2.17. The standard InChI is InChI=1S/C13H15ClO/c1-9(2)13(15)10(3)8-11-4-6-12(14)7-5-11/h4-9H,1-3H3/b10-8-. The van der Waals surface area contributed by atoms with Gasteiger partial charge in [0.05, 0.1) is 0 Å². The van der Waals surface area contributed by atoms with Crippen LogP contribution in [0.5, 0.6) is 0 Å². The van der Waals surface area contributed by atoms with Crippen molar-refractivity contribution in [2.45, 2.75) is 20.8 Å². The molecular weight excluding hydrogens is 208 g/mol. The SMILES string of the molecule is C/C(=C/c1ccc(Cl)cc1)C(=O)C(C)C. The highest BCUT2D eigenvalue weighted by molar-refractivity contribution is 6.30. The number of benzene rings is 1. The lowest BCUT2D eigenvalue weighted by Gasteiger charge is -2.04. The maximum absolute atomic E-state index is 11.6. The Balaban J connectivity index is 2.87. The van der Waals surface area contributed by atoms with Gasteiger partial charge in [-0.15, -0.1) is 0 Å². The number of carbonyl (C=O) groups excluding carboxylic acids is 1. The normalized spacial score (nSPS) is 11.9. The van der Waals surface area contributed by atoms with Crippen LogP contribution in [-0.4, -0.2) is 5.78 Å². The molecule has 0 aromatic heterocycles. The lowest BCUT2D eigenvalue weighted by atomic mass is 10.0. The molecule has 0 saturated heterocycles. The summed E-state index contributed by atoms with van der Waals surface area (Å²) in [5.41, 5.74) is 1.79. The molecule has 0 aliphatic heterocycles. The van der Waals surface area contributed by atoms with Gasteiger partial charge in [0.1, 0.15) is 0 Å². The van der Waals surface area contributed by atoms with E-state index in [0.717, 1.165) is 11.1 Å². The number of carbonyl (C=O) groups is 1. The van der Waals surface area contributed by atoms with Crippen LogP contribution in [-0.2, 0) is 4.79 Å². The first-order valence-corrected chi connectivity index (χ1v) is 5.36. The zero-order valence-electron chi connectivity index (χ0n) is 9.25. The van der Waals surface area contributed by atoms with Gasteiger partial charge in [0.2, 0.25) is 0 Å². The topological polar surface area (TPSA) is 17.1 Å². The Bertz CT molecular complexity index is 374. The molecule has 0 atom stereocenters. The molecule has 0 aliphatic carbocycles. The van der Waals surface area contributed by atoms with Gasteiger partial charge in [-0.2, -0.15) is 0 Å². The van der Waals surface area contributed by atoms with Gasteiger partial charge in [-0.1, -0.05) is 37.6 Å². The first-order chi connectivity index (χ1) is 7.00.